The molecule has 80 valence electrons. The van der Waals surface area contributed by atoms with E-state index < -0.39 is 0 Å². The molecular formula is C8H12N6S. The molecule has 0 aromatic carbocycles. The fourth-order valence-corrected chi connectivity index (χ4v) is 1.84. The Balaban J connectivity index is 1.93. The first-order valence-electron chi connectivity index (χ1n) is 4.60. The Hall–Kier alpha value is -1.50. The van der Waals surface area contributed by atoms with Crippen molar-refractivity contribution < 1.29 is 0 Å². The number of H-pyrrole nitrogens is 1. The van der Waals surface area contributed by atoms with Crippen LogP contribution < -0.4 is 5.73 Å². The van der Waals surface area contributed by atoms with Crippen LogP contribution in [0.25, 0.3) is 0 Å². The van der Waals surface area contributed by atoms with Crippen LogP contribution in [0.1, 0.15) is 12.5 Å². The quantitative estimate of drug-likeness (QED) is 0.753. The Morgan fingerprint density at radius 1 is 1.60 bits per heavy atom. The molecule has 3 N–H and O–H groups in total. The lowest BCUT2D eigenvalue weighted by Gasteiger charge is -1.92. The molecule has 2 aromatic rings. The maximum absolute atomic E-state index is 5.41. The predicted octanol–water partition coefficient (Wildman–Crippen LogP) is 0.896. The Morgan fingerprint density at radius 3 is 3.07 bits per heavy atom. The molecule has 0 aliphatic carbocycles. The predicted molar refractivity (Wildman–Crippen MR) is 58.3 cm³/mol. The fourth-order valence-electron chi connectivity index (χ4n) is 1.12. The molecule has 15 heavy (non-hydrogen) atoms. The van der Waals surface area contributed by atoms with Crippen molar-refractivity contribution in [3.63, 3.8) is 0 Å². The molecule has 2 rings (SSSR count). The molecule has 0 radical (unpaired) electrons. The van der Waals surface area contributed by atoms with Crippen molar-refractivity contribution in [1.29, 1.82) is 0 Å². The summed E-state index contributed by atoms with van der Waals surface area (Å²) in [7, 11) is 0. The molecule has 6 nitrogen and oxygen atoms in total. The van der Waals surface area contributed by atoms with Crippen LogP contribution in [0.3, 0.4) is 0 Å². The highest BCUT2D eigenvalue weighted by atomic mass is 32.2. The fraction of sp³-hybridized carbons (Fsp3) is 0.375. The monoisotopic (exact) mass is 224 g/mol. The third-order valence-corrected chi connectivity index (χ3v) is 2.78. The lowest BCUT2D eigenvalue weighted by molar-refractivity contribution is 0.659. The number of aromatic amines is 1. The number of hydrogen-bond acceptors (Lipinski definition) is 5. The van der Waals surface area contributed by atoms with Gasteiger partial charge in [-0.25, -0.2) is 5.10 Å². The zero-order chi connectivity index (χ0) is 10.7. The van der Waals surface area contributed by atoms with E-state index in [2.05, 4.69) is 27.2 Å². The van der Waals surface area contributed by atoms with Gasteiger partial charge in [0.1, 0.15) is 0 Å². The van der Waals surface area contributed by atoms with Crippen LogP contribution in [-0.4, -0.2) is 25.0 Å². The summed E-state index contributed by atoms with van der Waals surface area (Å²) in [5, 5.41) is 11.4. The van der Waals surface area contributed by atoms with Crippen LogP contribution >= 0.6 is 11.8 Å². The number of thioether (sulfide) groups is 1. The van der Waals surface area contributed by atoms with Crippen LogP contribution in [0.4, 0.5) is 5.95 Å². The lowest BCUT2D eigenvalue weighted by Crippen LogP contribution is -1.92. The van der Waals surface area contributed by atoms with Crippen LogP contribution in [-0.2, 0) is 12.3 Å². The summed E-state index contributed by atoms with van der Waals surface area (Å²) in [6, 6.07) is 0. The second-order valence-corrected chi connectivity index (χ2v) is 3.94. The van der Waals surface area contributed by atoms with Gasteiger partial charge in [-0.15, -0.1) is 5.10 Å². The number of nitrogens with two attached hydrogens (primary N) is 1. The van der Waals surface area contributed by atoms with Gasteiger partial charge in [0.05, 0.1) is 6.20 Å². The molecule has 0 bridgehead atoms. The number of nitrogen functional groups attached to an aromatic ring is 1. The minimum absolute atomic E-state index is 0.349. The number of aromatic nitrogens is 5. The number of nitrogens with zero attached hydrogens (tertiary/aromatic N) is 4. The Labute approximate surface area is 91.3 Å². The van der Waals surface area contributed by atoms with Gasteiger partial charge in [0, 0.05) is 24.1 Å². The van der Waals surface area contributed by atoms with Crippen molar-refractivity contribution in [3.8, 4) is 0 Å². The maximum Gasteiger partial charge on any atom is 0.216 e. The average Bonchev–Trinajstić information content (AvgIpc) is 2.83. The van der Waals surface area contributed by atoms with Gasteiger partial charge in [0.15, 0.2) is 0 Å². The first-order chi connectivity index (χ1) is 7.28. The van der Waals surface area contributed by atoms with Crippen molar-refractivity contribution in [2.24, 2.45) is 0 Å². The summed E-state index contributed by atoms with van der Waals surface area (Å²) in [5.74, 6) is 1.15. The van der Waals surface area contributed by atoms with Gasteiger partial charge in [-0.3, -0.25) is 4.68 Å². The van der Waals surface area contributed by atoms with Crippen molar-refractivity contribution >= 4 is 17.7 Å². The molecule has 0 aliphatic rings. The summed E-state index contributed by atoms with van der Waals surface area (Å²) < 4.78 is 1.89. The molecule has 0 spiro atoms. The summed E-state index contributed by atoms with van der Waals surface area (Å²) in [5.41, 5.74) is 6.57. The third-order valence-electron chi connectivity index (χ3n) is 1.86. The smallest absolute Gasteiger partial charge is 0.216 e. The van der Waals surface area contributed by atoms with E-state index in [0.29, 0.717) is 11.1 Å². The highest BCUT2D eigenvalue weighted by molar-refractivity contribution is 7.98. The average molecular weight is 224 g/mol. The number of nitrogens with one attached hydrogen (secondary N) is 1. The topological polar surface area (TPSA) is 85.4 Å². The van der Waals surface area contributed by atoms with E-state index in [1.54, 1.807) is 0 Å². The van der Waals surface area contributed by atoms with Gasteiger partial charge in [-0.1, -0.05) is 11.8 Å². The van der Waals surface area contributed by atoms with Gasteiger partial charge in [-0.05, 0) is 6.92 Å². The molecule has 0 atom stereocenters. The normalized spacial score (nSPS) is 10.7. The largest absolute Gasteiger partial charge is 0.368 e. The van der Waals surface area contributed by atoms with Gasteiger partial charge in [0.25, 0.3) is 0 Å². The van der Waals surface area contributed by atoms with Crippen molar-refractivity contribution in [3.05, 3.63) is 18.0 Å². The Kier molecular flexibility index (Phi) is 2.91. The number of rotatable bonds is 4. The second-order valence-electron chi connectivity index (χ2n) is 3.00. The standard InChI is InChI=1S/C8H12N6S/c1-2-14-4-6(3-10-14)5-15-8-11-7(9)12-13-8/h3-4H,2,5H2,1H3,(H3,9,11,12,13). The zero-order valence-electron chi connectivity index (χ0n) is 8.34. The van der Waals surface area contributed by atoms with E-state index in [4.69, 9.17) is 5.73 Å². The molecule has 0 saturated carbocycles. The van der Waals surface area contributed by atoms with Gasteiger partial charge in [0.2, 0.25) is 11.1 Å². The molecular weight excluding hydrogens is 212 g/mol. The van der Waals surface area contributed by atoms with Gasteiger partial charge >= 0.3 is 0 Å². The van der Waals surface area contributed by atoms with Gasteiger partial charge < -0.3 is 5.73 Å². The summed E-state index contributed by atoms with van der Waals surface area (Å²) >= 11 is 1.53. The van der Waals surface area contributed by atoms with Crippen LogP contribution in [0.15, 0.2) is 17.6 Å². The minimum Gasteiger partial charge on any atom is -0.368 e. The highest BCUT2D eigenvalue weighted by Crippen LogP contribution is 2.18. The van der Waals surface area contributed by atoms with Crippen molar-refractivity contribution in [2.45, 2.75) is 24.4 Å². The third kappa shape index (κ3) is 2.50. The van der Waals surface area contributed by atoms with Crippen molar-refractivity contribution in [1.82, 2.24) is 25.0 Å². The summed E-state index contributed by atoms with van der Waals surface area (Å²) in [6.45, 7) is 2.94. The molecule has 0 unspecified atom stereocenters. The molecule has 0 aliphatic heterocycles. The maximum atomic E-state index is 5.41. The van der Waals surface area contributed by atoms with Crippen LogP contribution in [0, 0.1) is 0 Å². The Bertz CT molecular complexity index is 434. The van der Waals surface area contributed by atoms with E-state index in [1.165, 1.54) is 11.8 Å². The number of aryl methyl sites for hydroxylation is 1. The first kappa shape index (κ1) is 10.0. The van der Waals surface area contributed by atoms with Crippen molar-refractivity contribution in [2.75, 3.05) is 5.73 Å². The van der Waals surface area contributed by atoms with E-state index in [1.807, 2.05) is 17.1 Å². The van der Waals surface area contributed by atoms with E-state index in [-0.39, 0.29) is 0 Å². The van der Waals surface area contributed by atoms with E-state index >= 15 is 0 Å². The molecule has 2 aromatic heterocycles. The molecule has 7 heteroatoms. The van der Waals surface area contributed by atoms with E-state index in [0.717, 1.165) is 17.9 Å². The molecule has 0 amide bonds. The minimum atomic E-state index is 0.349. The SMILES string of the molecule is CCn1cc(CSc2n[nH]c(N)n2)cn1. The summed E-state index contributed by atoms with van der Waals surface area (Å²) in [6.07, 6.45) is 3.87. The van der Waals surface area contributed by atoms with Gasteiger partial charge in [-0.2, -0.15) is 10.1 Å². The molecule has 2 heterocycles. The highest BCUT2D eigenvalue weighted by Gasteiger charge is 2.03. The van der Waals surface area contributed by atoms with E-state index in [9.17, 15) is 0 Å². The number of hydrogen-bond donors (Lipinski definition) is 2. The number of anilines is 1. The Morgan fingerprint density at radius 2 is 2.47 bits per heavy atom. The lowest BCUT2D eigenvalue weighted by atomic mass is 10.4. The molecule has 0 saturated heterocycles. The second kappa shape index (κ2) is 4.35. The van der Waals surface area contributed by atoms with Crippen LogP contribution in [0.5, 0.6) is 0 Å². The zero-order valence-corrected chi connectivity index (χ0v) is 9.16. The summed E-state index contributed by atoms with van der Waals surface area (Å²) in [4.78, 5) is 4.00. The molecule has 0 fully saturated rings. The van der Waals surface area contributed by atoms with Crippen LogP contribution in [0.2, 0.25) is 0 Å². The first-order valence-corrected chi connectivity index (χ1v) is 5.58.